The Morgan fingerprint density at radius 3 is 2.00 bits per heavy atom. The van der Waals surface area contributed by atoms with Crippen LogP contribution in [0, 0.1) is 0 Å². The first-order valence-corrected chi connectivity index (χ1v) is 12.3. The van der Waals surface area contributed by atoms with Gasteiger partial charge in [0.2, 0.25) is 15.9 Å². The summed E-state index contributed by atoms with van der Waals surface area (Å²) in [5.74, 6) is 0.782. The number of methoxy groups -OCH3 is 2. The highest BCUT2D eigenvalue weighted by atomic mass is 32.2. The maximum Gasteiger partial charge on any atom is 0.319 e. The Morgan fingerprint density at radius 2 is 1.45 bits per heavy atom. The van der Waals surface area contributed by atoms with Crippen molar-refractivity contribution >= 4 is 22.0 Å². The van der Waals surface area contributed by atoms with Crippen molar-refractivity contribution in [1.29, 1.82) is 0 Å². The molecule has 184 valence electrons. The zero-order valence-corrected chi connectivity index (χ0v) is 20.5. The predicted molar refractivity (Wildman–Crippen MR) is 122 cm³/mol. The predicted octanol–water partition coefficient (Wildman–Crippen LogP) is -0.164. The van der Waals surface area contributed by atoms with Crippen LogP contribution in [-0.2, 0) is 14.8 Å². The fourth-order valence-electron chi connectivity index (χ4n) is 3.98. The normalized spacial score (nSPS) is 18.2. The van der Waals surface area contributed by atoms with Gasteiger partial charge >= 0.3 is 6.03 Å². The maximum atomic E-state index is 13.1. The number of ether oxygens (including phenoxy) is 2. The van der Waals surface area contributed by atoms with Crippen LogP contribution in [-0.4, -0.2) is 131 Å². The molecule has 0 N–H and O–H groups in total. The average molecular weight is 484 g/mol. The maximum absolute atomic E-state index is 13.1. The minimum Gasteiger partial charge on any atom is -0.493 e. The number of hydrogen-bond acceptors (Lipinski definition) is 7. The first-order chi connectivity index (χ1) is 15.7. The molecule has 0 spiro atoms. The van der Waals surface area contributed by atoms with Gasteiger partial charge in [-0.25, -0.2) is 13.2 Å². The first-order valence-electron chi connectivity index (χ1n) is 10.9. The SMILES string of the molecule is COc1ccc(S(=O)(=O)N2CCN(C(=O)CN3CCN(C(=O)N(C)C)CC3)CC2)cc1OC. The van der Waals surface area contributed by atoms with Crippen LogP contribution in [0.5, 0.6) is 11.5 Å². The quantitative estimate of drug-likeness (QED) is 0.554. The molecule has 2 aliphatic heterocycles. The van der Waals surface area contributed by atoms with Gasteiger partial charge in [0.05, 0.1) is 25.7 Å². The standard InChI is InChI=1S/C21H33N5O6S/c1-22(2)21(28)25-9-7-23(8-10-25)16-20(27)24-11-13-26(14-12-24)33(29,30)17-5-6-18(31-3)19(15-17)32-4/h5-6,15H,7-14,16H2,1-4H3. The molecule has 1 aromatic carbocycles. The van der Waals surface area contributed by atoms with Crippen LogP contribution < -0.4 is 9.47 Å². The van der Waals surface area contributed by atoms with E-state index >= 15 is 0 Å². The Balaban J connectivity index is 1.52. The number of amides is 3. The third kappa shape index (κ3) is 5.68. The highest BCUT2D eigenvalue weighted by molar-refractivity contribution is 7.89. The molecule has 3 amide bonds. The molecule has 33 heavy (non-hydrogen) atoms. The second-order valence-electron chi connectivity index (χ2n) is 8.24. The van der Waals surface area contributed by atoms with Gasteiger partial charge in [0, 0.05) is 72.5 Å². The van der Waals surface area contributed by atoms with Gasteiger partial charge < -0.3 is 24.2 Å². The van der Waals surface area contributed by atoms with Gasteiger partial charge in [0.25, 0.3) is 0 Å². The molecule has 12 heteroatoms. The van der Waals surface area contributed by atoms with Gasteiger partial charge in [-0.05, 0) is 12.1 Å². The van der Waals surface area contributed by atoms with E-state index in [1.807, 2.05) is 4.90 Å². The molecule has 2 heterocycles. The van der Waals surface area contributed by atoms with Gasteiger partial charge in [-0.2, -0.15) is 4.31 Å². The van der Waals surface area contributed by atoms with Crippen molar-refractivity contribution in [2.45, 2.75) is 4.90 Å². The number of nitrogens with zero attached hydrogens (tertiary/aromatic N) is 5. The van der Waals surface area contributed by atoms with Gasteiger partial charge in [-0.15, -0.1) is 0 Å². The van der Waals surface area contributed by atoms with Crippen LogP contribution in [0.25, 0.3) is 0 Å². The van der Waals surface area contributed by atoms with E-state index in [4.69, 9.17) is 9.47 Å². The second kappa shape index (κ2) is 10.6. The van der Waals surface area contributed by atoms with Gasteiger partial charge in [-0.3, -0.25) is 9.69 Å². The van der Waals surface area contributed by atoms with Crippen molar-refractivity contribution in [3.8, 4) is 11.5 Å². The lowest BCUT2D eigenvalue weighted by Gasteiger charge is -2.38. The fraction of sp³-hybridized carbons (Fsp3) is 0.619. The lowest BCUT2D eigenvalue weighted by Crippen LogP contribution is -2.55. The molecule has 0 aliphatic carbocycles. The third-order valence-electron chi connectivity index (χ3n) is 5.97. The summed E-state index contributed by atoms with van der Waals surface area (Å²) in [5, 5.41) is 0. The van der Waals surface area contributed by atoms with Crippen molar-refractivity contribution in [3.05, 3.63) is 18.2 Å². The van der Waals surface area contributed by atoms with E-state index in [0.29, 0.717) is 50.8 Å². The number of sulfonamides is 1. The summed E-state index contributed by atoms with van der Waals surface area (Å²) >= 11 is 0. The first kappa shape index (κ1) is 25.1. The van der Waals surface area contributed by atoms with E-state index in [9.17, 15) is 18.0 Å². The van der Waals surface area contributed by atoms with Crippen LogP contribution in [0.3, 0.4) is 0 Å². The molecular formula is C21H33N5O6S. The number of piperazine rings is 2. The molecule has 2 fully saturated rings. The number of carbonyl (C=O) groups is 2. The van der Waals surface area contributed by atoms with E-state index in [2.05, 4.69) is 0 Å². The van der Waals surface area contributed by atoms with Gasteiger partial charge in [0.15, 0.2) is 11.5 Å². The Labute approximate surface area is 195 Å². The lowest BCUT2D eigenvalue weighted by atomic mass is 10.3. The summed E-state index contributed by atoms with van der Waals surface area (Å²) in [4.78, 5) is 32.0. The molecule has 0 unspecified atom stereocenters. The van der Waals surface area contributed by atoms with E-state index in [1.165, 1.54) is 30.7 Å². The highest BCUT2D eigenvalue weighted by Crippen LogP contribution is 2.30. The van der Waals surface area contributed by atoms with Gasteiger partial charge in [0.1, 0.15) is 0 Å². The summed E-state index contributed by atoms with van der Waals surface area (Å²) in [7, 11) is 2.69. The fourth-order valence-corrected chi connectivity index (χ4v) is 5.41. The third-order valence-corrected chi connectivity index (χ3v) is 7.86. The van der Waals surface area contributed by atoms with E-state index in [1.54, 1.807) is 34.9 Å². The summed E-state index contributed by atoms with van der Waals surface area (Å²) in [6.07, 6.45) is 0. The van der Waals surface area contributed by atoms with Crippen LogP contribution in [0.1, 0.15) is 0 Å². The molecule has 2 saturated heterocycles. The molecule has 11 nitrogen and oxygen atoms in total. The molecule has 0 saturated carbocycles. The largest absolute Gasteiger partial charge is 0.493 e. The minimum atomic E-state index is -3.71. The van der Waals surface area contributed by atoms with Gasteiger partial charge in [-0.1, -0.05) is 0 Å². The number of benzene rings is 1. The summed E-state index contributed by atoms with van der Waals surface area (Å²) in [5.41, 5.74) is 0. The van der Waals surface area contributed by atoms with Crippen molar-refractivity contribution in [1.82, 2.24) is 23.9 Å². The molecule has 0 radical (unpaired) electrons. The number of urea groups is 1. The topological polar surface area (TPSA) is 103 Å². The van der Waals surface area contributed by atoms with Crippen molar-refractivity contribution in [3.63, 3.8) is 0 Å². The number of rotatable bonds is 6. The molecule has 1 aromatic rings. The minimum absolute atomic E-state index is 0.0206. The van der Waals surface area contributed by atoms with Crippen molar-refractivity contribution in [2.75, 3.05) is 87.2 Å². The molecule has 0 atom stereocenters. The molecule has 0 aromatic heterocycles. The van der Waals surface area contributed by atoms with Crippen LogP contribution in [0.4, 0.5) is 4.79 Å². The highest BCUT2D eigenvalue weighted by Gasteiger charge is 2.32. The smallest absolute Gasteiger partial charge is 0.319 e. The zero-order chi connectivity index (χ0) is 24.2. The average Bonchev–Trinajstić information content (AvgIpc) is 2.83. The zero-order valence-electron chi connectivity index (χ0n) is 19.7. The van der Waals surface area contributed by atoms with Crippen molar-refractivity contribution < 1.29 is 27.5 Å². The number of hydrogen-bond donors (Lipinski definition) is 0. The Kier molecular flexibility index (Phi) is 8.03. The molecule has 3 rings (SSSR count). The van der Waals surface area contributed by atoms with E-state index in [0.717, 1.165) is 0 Å². The second-order valence-corrected chi connectivity index (χ2v) is 10.2. The molecule has 0 bridgehead atoms. The van der Waals surface area contributed by atoms with E-state index < -0.39 is 10.0 Å². The van der Waals surface area contributed by atoms with E-state index in [-0.39, 0.29) is 36.5 Å². The Hall–Kier alpha value is -2.57. The summed E-state index contributed by atoms with van der Waals surface area (Å²) in [6.45, 7) is 3.85. The molecule has 2 aliphatic rings. The van der Waals surface area contributed by atoms with Crippen molar-refractivity contribution in [2.24, 2.45) is 0 Å². The summed E-state index contributed by atoms with van der Waals surface area (Å²) in [6, 6.07) is 4.49. The Bertz CT molecular complexity index is 954. The molecular weight excluding hydrogens is 450 g/mol. The van der Waals surface area contributed by atoms with Crippen LogP contribution in [0.2, 0.25) is 0 Å². The monoisotopic (exact) mass is 483 g/mol. The number of carbonyl (C=O) groups excluding carboxylic acids is 2. The lowest BCUT2D eigenvalue weighted by molar-refractivity contribution is -0.133. The van der Waals surface area contributed by atoms with Crippen LogP contribution >= 0.6 is 0 Å². The van der Waals surface area contributed by atoms with Crippen LogP contribution in [0.15, 0.2) is 23.1 Å². The Morgan fingerprint density at radius 1 is 0.879 bits per heavy atom. The summed E-state index contributed by atoms with van der Waals surface area (Å²) < 4.78 is 37.9.